The van der Waals surface area contributed by atoms with Gasteiger partial charge in [0.05, 0.1) is 0 Å². The molecule has 0 atom stereocenters. The molecule has 0 saturated heterocycles. The largest absolute Gasteiger partial charge is 0.341 e. The maximum absolute atomic E-state index is 5.99. The first kappa shape index (κ1) is 15.5. The van der Waals surface area contributed by atoms with Crippen molar-refractivity contribution in [1.29, 1.82) is 0 Å². The fraction of sp³-hybridized carbons (Fsp3) is 0.308. The number of aromatic nitrogens is 3. The number of hydrogen-bond acceptors (Lipinski definition) is 5. The third-order valence-corrected chi connectivity index (χ3v) is 4.22. The standard InChI is InChI=1S/C13H14BrClN4S/c1-3-19(4-2)12-16-11(15)17-13(18-12)20-10-7-5-9(14)6-8-10/h5-8H,3-4H2,1-2H3. The number of hydrogen-bond donors (Lipinski definition) is 0. The Bertz CT molecular complexity index is 575. The molecule has 2 aromatic rings. The maximum atomic E-state index is 5.99. The summed E-state index contributed by atoms with van der Waals surface area (Å²) in [4.78, 5) is 15.9. The van der Waals surface area contributed by atoms with E-state index in [1.807, 2.05) is 29.2 Å². The second-order valence-electron chi connectivity index (χ2n) is 3.92. The van der Waals surface area contributed by atoms with Crippen LogP contribution in [0.2, 0.25) is 5.28 Å². The molecule has 7 heteroatoms. The predicted octanol–water partition coefficient (Wildman–Crippen LogP) is 4.28. The predicted molar refractivity (Wildman–Crippen MR) is 86.7 cm³/mol. The highest BCUT2D eigenvalue weighted by Gasteiger charge is 2.11. The van der Waals surface area contributed by atoms with Crippen LogP contribution in [0, 0.1) is 0 Å². The molecule has 1 heterocycles. The summed E-state index contributed by atoms with van der Waals surface area (Å²) in [5.74, 6) is 0.620. The molecular formula is C13H14BrClN4S. The number of benzene rings is 1. The Morgan fingerprint density at radius 3 is 2.35 bits per heavy atom. The number of rotatable bonds is 5. The van der Waals surface area contributed by atoms with Crippen LogP contribution >= 0.6 is 39.3 Å². The zero-order valence-corrected chi connectivity index (χ0v) is 14.3. The molecule has 0 fully saturated rings. The average Bonchev–Trinajstić information content (AvgIpc) is 2.42. The smallest absolute Gasteiger partial charge is 0.230 e. The van der Waals surface area contributed by atoms with Gasteiger partial charge in [-0.2, -0.15) is 15.0 Å². The summed E-state index contributed by atoms with van der Waals surface area (Å²) in [6.45, 7) is 5.78. The number of halogens is 2. The van der Waals surface area contributed by atoms with Gasteiger partial charge < -0.3 is 4.90 Å². The van der Waals surface area contributed by atoms with Gasteiger partial charge in [-0.15, -0.1) is 0 Å². The monoisotopic (exact) mass is 372 g/mol. The molecular weight excluding hydrogens is 360 g/mol. The van der Waals surface area contributed by atoms with E-state index in [-0.39, 0.29) is 5.28 Å². The summed E-state index contributed by atoms with van der Waals surface area (Å²) in [6.07, 6.45) is 0. The van der Waals surface area contributed by atoms with Crippen molar-refractivity contribution in [2.75, 3.05) is 18.0 Å². The first-order valence-corrected chi connectivity index (χ1v) is 8.21. The van der Waals surface area contributed by atoms with E-state index in [2.05, 4.69) is 44.7 Å². The van der Waals surface area contributed by atoms with Crippen molar-refractivity contribution in [2.24, 2.45) is 0 Å². The van der Waals surface area contributed by atoms with E-state index in [1.54, 1.807) is 0 Å². The van der Waals surface area contributed by atoms with Crippen LogP contribution in [0.3, 0.4) is 0 Å². The van der Waals surface area contributed by atoms with E-state index in [4.69, 9.17) is 11.6 Å². The van der Waals surface area contributed by atoms with Crippen LogP contribution in [0.15, 0.2) is 38.8 Å². The highest BCUT2D eigenvalue weighted by Crippen LogP contribution is 2.27. The summed E-state index contributed by atoms with van der Waals surface area (Å²) < 4.78 is 1.04. The molecule has 1 aromatic carbocycles. The van der Waals surface area contributed by atoms with Gasteiger partial charge in [0.25, 0.3) is 0 Å². The maximum Gasteiger partial charge on any atom is 0.230 e. The first-order chi connectivity index (χ1) is 9.62. The third-order valence-electron chi connectivity index (χ3n) is 2.64. The lowest BCUT2D eigenvalue weighted by Crippen LogP contribution is -2.24. The molecule has 0 aliphatic rings. The minimum atomic E-state index is 0.224. The van der Waals surface area contributed by atoms with Gasteiger partial charge in [-0.05, 0) is 61.5 Å². The SMILES string of the molecule is CCN(CC)c1nc(Cl)nc(Sc2ccc(Br)cc2)n1. The Labute approximate surface area is 136 Å². The van der Waals surface area contributed by atoms with Crippen LogP contribution in [0.25, 0.3) is 0 Å². The average molecular weight is 374 g/mol. The Kier molecular flexibility index (Phi) is 5.63. The van der Waals surface area contributed by atoms with Crippen LogP contribution < -0.4 is 4.90 Å². The molecule has 1 aromatic heterocycles. The van der Waals surface area contributed by atoms with E-state index in [1.165, 1.54) is 11.8 Å². The Morgan fingerprint density at radius 1 is 1.10 bits per heavy atom. The van der Waals surface area contributed by atoms with Crippen molar-refractivity contribution < 1.29 is 0 Å². The van der Waals surface area contributed by atoms with E-state index < -0.39 is 0 Å². The molecule has 0 amide bonds. The topological polar surface area (TPSA) is 41.9 Å². The molecule has 0 unspecified atom stereocenters. The zero-order chi connectivity index (χ0) is 14.5. The van der Waals surface area contributed by atoms with Gasteiger partial charge in [0.15, 0.2) is 5.16 Å². The highest BCUT2D eigenvalue weighted by molar-refractivity contribution is 9.10. The quantitative estimate of drug-likeness (QED) is 0.782. The summed E-state index contributed by atoms with van der Waals surface area (Å²) in [6, 6.07) is 7.97. The summed E-state index contributed by atoms with van der Waals surface area (Å²) in [5, 5.41) is 0.829. The van der Waals surface area contributed by atoms with E-state index >= 15 is 0 Å². The van der Waals surface area contributed by atoms with Crippen LogP contribution in [-0.2, 0) is 0 Å². The lowest BCUT2D eigenvalue weighted by atomic mass is 10.4. The van der Waals surface area contributed by atoms with Gasteiger partial charge in [0, 0.05) is 22.5 Å². The van der Waals surface area contributed by atoms with Crippen LogP contribution in [0.4, 0.5) is 5.95 Å². The Hall–Kier alpha value is -0.850. The van der Waals surface area contributed by atoms with Crippen molar-refractivity contribution in [3.8, 4) is 0 Å². The van der Waals surface area contributed by atoms with E-state index in [0.717, 1.165) is 22.5 Å². The van der Waals surface area contributed by atoms with Gasteiger partial charge in [0.2, 0.25) is 11.2 Å². The molecule has 0 bridgehead atoms. The molecule has 4 nitrogen and oxygen atoms in total. The molecule has 0 radical (unpaired) electrons. The fourth-order valence-electron chi connectivity index (χ4n) is 1.62. The van der Waals surface area contributed by atoms with Crippen molar-refractivity contribution in [2.45, 2.75) is 23.9 Å². The first-order valence-electron chi connectivity index (χ1n) is 6.22. The summed E-state index contributed by atoms with van der Waals surface area (Å²) >= 11 is 10.9. The lowest BCUT2D eigenvalue weighted by molar-refractivity contribution is 0.782. The molecule has 20 heavy (non-hydrogen) atoms. The Balaban J connectivity index is 2.25. The van der Waals surface area contributed by atoms with Crippen LogP contribution in [0.5, 0.6) is 0 Å². The van der Waals surface area contributed by atoms with Gasteiger partial charge in [-0.25, -0.2) is 0 Å². The summed E-state index contributed by atoms with van der Waals surface area (Å²) in [7, 11) is 0. The van der Waals surface area contributed by atoms with E-state index in [9.17, 15) is 0 Å². The van der Waals surface area contributed by atoms with Crippen molar-refractivity contribution >= 4 is 45.2 Å². The third kappa shape index (κ3) is 4.07. The van der Waals surface area contributed by atoms with Crippen molar-refractivity contribution in [3.63, 3.8) is 0 Å². The zero-order valence-electron chi connectivity index (χ0n) is 11.2. The second-order valence-corrected chi connectivity index (χ2v) is 6.21. The molecule has 0 aliphatic heterocycles. The molecule has 2 rings (SSSR count). The van der Waals surface area contributed by atoms with Crippen molar-refractivity contribution in [3.05, 3.63) is 34.0 Å². The highest BCUT2D eigenvalue weighted by atomic mass is 79.9. The molecule has 0 saturated carbocycles. The van der Waals surface area contributed by atoms with Crippen LogP contribution in [-0.4, -0.2) is 28.0 Å². The fourth-order valence-corrected chi connectivity index (χ4v) is 2.84. The molecule has 0 N–H and O–H groups in total. The minimum absolute atomic E-state index is 0.224. The second kappa shape index (κ2) is 7.24. The Morgan fingerprint density at radius 2 is 1.75 bits per heavy atom. The van der Waals surface area contributed by atoms with Crippen LogP contribution in [0.1, 0.15) is 13.8 Å². The lowest BCUT2D eigenvalue weighted by Gasteiger charge is -2.18. The number of anilines is 1. The number of nitrogens with zero attached hydrogens (tertiary/aromatic N) is 4. The normalized spacial score (nSPS) is 10.6. The van der Waals surface area contributed by atoms with Crippen molar-refractivity contribution in [1.82, 2.24) is 15.0 Å². The van der Waals surface area contributed by atoms with E-state index in [0.29, 0.717) is 11.1 Å². The molecule has 0 spiro atoms. The van der Waals surface area contributed by atoms with Gasteiger partial charge in [-0.3, -0.25) is 0 Å². The van der Waals surface area contributed by atoms with Gasteiger partial charge in [-0.1, -0.05) is 15.9 Å². The van der Waals surface area contributed by atoms with Gasteiger partial charge in [0.1, 0.15) is 0 Å². The summed E-state index contributed by atoms with van der Waals surface area (Å²) in [5.41, 5.74) is 0. The minimum Gasteiger partial charge on any atom is -0.341 e. The van der Waals surface area contributed by atoms with Gasteiger partial charge >= 0.3 is 0 Å². The molecule has 0 aliphatic carbocycles. The molecule has 106 valence electrons.